The maximum atomic E-state index is 12.3. The Morgan fingerprint density at radius 2 is 2.00 bits per heavy atom. The number of hydrogen-bond donors (Lipinski definition) is 1. The van der Waals surface area contributed by atoms with Gasteiger partial charge in [0.1, 0.15) is 4.83 Å². The van der Waals surface area contributed by atoms with Crippen molar-refractivity contribution < 1.29 is 13.2 Å². The van der Waals surface area contributed by atoms with E-state index in [2.05, 4.69) is 20.9 Å². The molecule has 1 aromatic heterocycles. The van der Waals surface area contributed by atoms with Gasteiger partial charge in [-0.15, -0.1) is 11.8 Å². The van der Waals surface area contributed by atoms with Crippen LogP contribution in [0.25, 0.3) is 10.9 Å². The third-order valence-electron chi connectivity index (χ3n) is 2.25. The van der Waals surface area contributed by atoms with Crippen LogP contribution in [0.5, 0.6) is 0 Å². The minimum Gasteiger partial charge on any atom is -0.350 e. The number of H-pyrrole nitrogens is 1. The van der Waals surface area contributed by atoms with E-state index in [0.717, 1.165) is 27.7 Å². The molecule has 0 fully saturated rings. The molecular formula is C11H9BrF3NS. The molecule has 1 nitrogen and oxygen atoms in total. The largest absolute Gasteiger partial charge is 0.402 e. The van der Waals surface area contributed by atoms with Gasteiger partial charge in [0.05, 0.1) is 5.03 Å². The number of para-hydroxylation sites is 1. The summed E-state index contributed by atoms with van der Waals surface area (Å²) in [5.41, 5.74) is 0.938. The highest BCUT2D eigenvalue weighted by molar-refractivity contribution is 9.09. The fourth-order valence-corrected chi connectivity index (χ4v) is 2.69. The lowest BCUT2D eigenvalue weighted by atomic mass is 10.3. The van der Waals surface area contributed by atoms with Crippen LogP contribution in [0, 0.1) is 0 Å². The molecule has 1 atom stereocenters. The smallest absolute Gasteiger partial charge is 0.350 e. The molecule has 17 heavy (non-hydrogen) atoms. The lowest BCUT2D eigenvalue weighted by molar-refractivity contribution is -0.122. The molecule has 1 aromatic carbocycles. The number of hydrogen-bond acceptors (Lipinski definition) is 1. The van der Waals surface area contributed by atoms with Gasteiger partial charge in [0.2, 0.25) is 0 Å². The number of fused-ring (bicyclic) bond motifs is 1. The molecule has 0 amide bonds. The van der Waals surface area contributed by atoms with Gasteiger partial charge in [0.15, 0.2) is 0 Å². The van der Waals surface area contributed by atoms with Crippen LogP contribution in [0.15, 0.2) is 35.4 Å². The number of benzene rings is 1. The maximum Gasteiger partial charge on any atom is 0.402 e. The van der Waals surface area contributed by atoms with E-state index in [-0.39, 0.29) is 5.75 Å². The molecule has 0 radical (unpaired) electrons. The first-order valence-electron chi connectivity index (χ1n) is 4.88. The first-order valence-corrected chi connectivity index (χ1v) is 6.78. The summed E-state index contributed by atoms with van der Waals surface area (Å²) < 4.78 is 36.9. The zero-order valence-corrected chi connectivity index (χ0v) is 11.0. The Kier molecular flexibility index (Phi) is 3.73. The number of aromatic nitrogens is 1. The van der Waals surface area contributed by atoms with Crippen LogP contribution in [-0.2, 0) is 0 Å². The Bertz CT molecular complexity index is 476. The minimum absolute atomic E-state index is 0.0453. The van der Waals surface area contributed by atoms with Crippen LogP contribution < -0.4 is 0 Å². The topological polar surface area (TPSA) is 15.8 Å². The van der Waals surface area contributed by atoms with Crippen LogP contribution in [0.2, 0.25) is 0 Å². The predicted octanol–water partition coefficient (Wildman–Crippen LogP) is 4.59. The normalized spacial score (nSPS) is 14.1. The third-order valence-corrected chi connectivity index (χ3v) is 4.55. The Morgan fingerprint density at radius 1 is 1.29 bits per heavy atom. The predicted molar refractivity (Wildman–Crippen MR) is 67.8 cm³/mol. The van der Waals surface area contributed by atoms with Gasteiger partial charge in [-0.25, -0.2) is 0 Å². The summed E-state index contributed by atoms with van der Waals surface area (Å²) in [4.78, 5) is 1.60. The second kappa shape index (κ2) is 4.94. The second-order valence-corrected chi connectivity index (χ2v) is 5.71. The van der Waals surface area contributed by atoms with Crippen molar-refractivity contribution in [1.82, 2.24) is 4.98 Å². The Morgan fingerprint density at radius 3 is 2.65 bits per heavy atom. The van der Waals surface area contributed by atoms with Gasteiger partial charge < -0.3 is 4.98 Å². The molecule has 2 aromatic rings. The van der Waals surface area contributed by atoms with E-state index < -0.39 is 11.0 Å². The fourth-order valence-electron chi connectivity index (χ4n) is 1.38. The standard InChI is InChI=1S/C11H9BrF3NS/c12-9(11(13,14)15)6-17-10-5-7-3-1-2-4-8(7)16-10/h1-5,9,16H,6H2. The highest BCUT2D eigenvalue weighted by Crippen LogP contribution is 2.32. The van der Waals surface area contributed by atoms with E-state index in [4.69, 9.17) is 0 Å². The van der Waals surface area contributed by atoms with Crippen molar-refractivity contribution in [3.63, 3.8) is 0 Å². The lowest BCUT2D eigenvalue weighted by Gasteiger charge is -2.12. The van der Waals surface area contributed by atoms with E-state index in [1.54, 1.807) is 0 Å². The lowest BCUT2D eigenvalue weighted by Crippen LogP contribution is -2.24. The highest BCUT2D eigenvalue weighted by atomic mass is 79.9. The molecule has 1 heterocycles. The van der Waals surface area contributed by atoms with Crippen molar-refractivity contribution in [2.75, 3.05) is 5.75 Å². The molecule has 0 saturated heterocycles. The van der Waals surface area contributed by atoms with Gasteiger partial charge in [-0.2, -0.15) is 13.2 Å². The van der Waals surface area contributed by atoms with Crippen LogP contribution >= 0.6 is 27.7 Å². The van der Waals surface area contributed by atoms with Crippen LogP contribution in [-0.4, -0.2) is 21.7 Å². The van der Waals surface area contributed by atoms with Gasteiger partial charge in [-0.1, -0.05) is 34.1 Å². The van der Waals surface area contributed by atoms with Crippen LogP contribution in [0.4, 0.5) is 13.2 Å². The summed E-state index contributed by atoms with van der Waals surface area (Å²) in [6.45, 7) is 0. The zero-order chi connectivity index (χ0) is 12.5. The van der Waals surface area contributed by atoms with E-state index in [9.17, 15) is 13.2 Å². The molecule has 92 valence electrons. The fraction of sp³-hybridized carbons (Fsp3) is 0.273. The number of halogens is 4. The molecule has 0 aliphatic rings. The Labute approximate surface area is 109 Å². The summed E-state index contributed by atoms with van der Waals surface area (Å²) in [5, 5.41) is 1.76. The molecular weight excluding hydrogens is 315 g/mol. The van der Waals surface area contributed by atoms with Crippen molar-refractivity contribution in [3.05, 3.63) is 30.3 Å². The van der Waals surface area contributed by atoms with Gasteiger partial charge in [0.25, 0.3) is 0 Å². The number of nitrogens with one attached hydrogen (secondary N) is 1. The van der Waals surface area contributed by atoms with Gasteiger partial charge >= 0.3 is 6.18 Å². The molecule has 0 aliphatic heterocycles. The van der Waals surface area contributed by atoms with Crippen molar-refractivity contribution >= 4 is 38.6 Å². The highest BCUT2D eigenvalue weighted by Gasteiger charge is 2.37. The molecule has 0 bridgehead atoms. The zero-order valence-electron chi connectivity index (χ0n) is 8.59. The van der Waals surface area contributed by atoms with Crippen LogP contribution in [0.1, 0.15) is 0 Å². The van der Waals surface area contributed by atoms with E-state index in [0.29, 0.717) is 0 Å². The van der Waals surface area contributed by atoms with Crippen molar-refractivity contribution in [3.8, 4) is 0 Å². The summed E-state index contributed by atoms with van der Waals surface area (Å²) in [5.74, 6) is -0.0453. The SMILES string of the molecule is FC(F)(F)C(Br)CSc1cc2ccccc2[nH]1. The summed E-state index contributed by atoms with van der Waals surface area (Å²) in [7, 11) is 0. The molecule has 1 N–H and O–H groups in total. The van der Waals surface area contributed by atoms with Gasteiger partial charge in [-0.3, -0.25) is 0 Å². The minimum atomic E-state index is -4.20. The van der Waals surface area contributed by atoms with E-state index in [1.165, 1.54) is 0 Å². The summed E-state index contributed by atoms with van der Waals surface area (Å²) in [6, 6.07) is 9.46. The second-order valence-electron chi connectivity index (χ2n) is 3.54. The Balaban J connectivity index is 2.04. The first kappa shape index (κ1) is 12.8. The monoisotopic (exact) mass is 323 g/mol. The molecule has 0 spiro atoms. The van der Waals surface area contributed by atoms with Gasteiger partial charge in [-0.05, 0) is 12.1 Å². The molecule has 0 saturated carbocycles. The number of thioether (sulfide) groups is 1. The summed E-state index contributed by atoms with van der Waals surface area (Å²) in [6.07, 6.45) is -4.20. The molecule has 2 rings (SSSR count). The average molecular weight is 324 g/mol. The maximum absolute atomic E-state index is 12.3. The Hall–Kier alpha value is -0.620. The number of rotatable bonds is 3. The summed E-state index contributed by atoms with van der Waals surface area (Å²) >= 11 is 3.80. The van der Waals surface area contributed by atoms with Crippen molar-refractivity contribution in [1.29, 1.82) is 0 Å². The third kappa shape index (κ3) is 3.19. The van der Waals surface area contributed by atoms with Crippen molar-refractivity contribution in [2.45, 2.75) is 16.0 Å². The molecule has 1 unspecified atom stereocenters. The van der Waals surface area contributed by atoms with Crippen LogP contribution in [0.3, 0.4) is 0 Å². The van der Waals surface area contributed by atoms with E-state index in [1.807, 2.05) is 30.3 Å². The molecule has 0 aliphatic carbocycles. The van der Waals surface area contributed by atoms with Crippen molar-refractivity contribution in [2.24, 2.45) is 0 Å². The number of alkyl halides is 4. The quantitative estimate of drug-likeness (QED) is 0.645. The van der Waals surface area contributed by atoms with E-state index >= 15 is 0 Å². The van der Waals surface area contributed by atoms with Gasteiger partial charge in [0, 0.05) is 16.7 Å². The molecule has 6 heteroatoms. The number of aromatic amines is 1. The average Bonchev–Trinajstić information content (AvgIpc) is 2.66. The first-order chi connectivity index (χ1) is 7.97.